The van der Waals surface area contributed by atoms with Crippen LogP contribution in [0.15, 0.2) is 12.3 Å². The average molecular weight is 288 g/mol. The second-order valence-corrected chi connectivity index (χ2v) is 5.33. The van der Waals surface area contributed by atoms with Gasteiger partial charge in [0, 0.05) is 12.3 Å². The second-order valence-electron chi connectivity index (χ2n) is 5.33. The number of ether oxygens (including phenoxy) is 1. The number of methoxy groups -OCH3 is 1. The Hall–Kier alpha value is -1.30. The number of aromatic nitrogens is 1. The molecule has 1 fully saturated rings. The lowest BCUT2D eigenvalue weighted by Crippen LogP contribution is -2.31. The van der Waals surface area contributed by atoms with E-state index in [-0.39, 0.29) is 11.4 Å². The number of piperidine rings is 1. The highest BCUT2D eigenvalue weighted by Crippen LogP contribution is 2.35. The van der Waals surface area contributed by atoms with Crippen LogP contribution in [0.3, 0.4) is 0 Å². The van der Waals surface area contributed by atoms with Crippen LogP contribution < -0.4 is 4.74 Å². The fourth-order valence-electron chi connectivity index (χ4n) is 2.58. The SMILES string of the molecule is COc1cc(C(F)(F)F)c(CC2CCN(C)CC2)cn1. The molecule has 0 saturated carbocycles. The molecule has 0 spiro atoms. The molecule has 6 heteroatoms. The maximum atomic E-state index is 13.1. The van der Waals surface area contributed by atoms with Gasteiger partial charge in [-0.15, -0.1) is 0 Å². The summed E-state index contributed by atoms with van der Waals surface area (Å²) in [7, 11) is 3.35. The van der Waals surface area contributed by atoms with E-state index in [1.165, 1.54) is 13.3 Å². The summed E-state index contributed by atoms with van der Waals surface area (Å²) in [6.07, 6.45) is -0.768. The Morgan fingerprint density at radius 3 is 2.55 bits per heavy atom. The highest BCUT2D eigenvalue weighted by molar-refractivity contribution is 5.32. The van der Waals surface area contributed by atoms with E-state index < -0.39 is 11.7 Å². The van der Waals surface area contributed by atoms with Gasteiger partial charge in [0.05, 0.1) is 12.7 Å². The molecule has 1 aliphatic rings. The molecule has 1 aromatic rings. The fourth-order valence-corrected chi connectivity index (χ4v) is 2.58. The van der Waals surface area contributed by atoms with Crippen molar-refractivity contribution in [1.29, 1.82) is 0 Å². The molecular formula is C14H19F3N2O. The van der Waals surface area contributed by atoms with Gasteiger partial charge in [0.25, 0.3) is 0 Å². The summed E-state index contributed by atoms with van der Waals surface area (Å²) in [5.41, 5.74) is -0.351. The molecule has 0 bridgehead atoms. The molecule has 2 heterocycles. The molecule has 1 aromatic heterocycles. The van der Waals surface area contributed by atoms with Gasteiger partial charge in [-0.1, -0.05) is 0 Å². The quantitative estimate of drug-likeness (QED) is 0.855. The monoisotopic (exact) mass is 288 g/mol. The van der Waals surface area contributed by atoms with Crippen LogP contribution in [0.5, 0.6) is 5.88 Å². The summed E-state index contributed by atoms with van der Waals surface area (Å²) in [6, 6.07) is 0.990. The summed E-state index contributed by atoms with van der Waals surface area (Å²) >= 11 is 0. The fraction of sp³-hybridized carbons (Fsp3) is 0.643. The predicted octanol–water partition coefficient (Wildman–Crippen LogP) is 2.99. The predicted molar refractivity (Wildman–Crippen MR) is 69.7 cm³/mol. The lowest BCUT2D eigenvalue weighted by Gasteiger charge is -2.29. The Morgan fingerprint density at radius 1 is 1.35 bits per heavy atom. The number of pyridine rings is 1. The van der Waals surface area contributed by atoms with Crippen molar-refractivity contribution < 1.29 is 17.9 Å². The van der Waals surface area contributed by atoms with Crippen molar-refractivity contribution in [1.82, 2.24) is 9.88 Å². The summed E-state index contributed by atoms with van der Waals surface area (Å²) in [5.74, 6) is 0.298. The van der Waals surface area contributed by atoms with Crippen LogP contribution in [-0.2, 0) is 12.6 Å². The van der Waals surface area contributed by atoms with Crippen molar-refractivity contribution >= 4 is 0 Å². The Kier molecular flexibility index (Phi) is 4.52. The molecular weight excluding hydrogens is 269 g/mol. The van der Waals surface area contributed by atoms with Gasteiger partial charge >= 0.3 is 6.18 Å². The number of hydrogen-bond acceptors (Lipinski definition) is 3. The maximum absolute atomic E-state index is 13.1. The number of rotatable bonds is 3. The van der Waals surface area contributed by atoms with Crippen molar-refractivity contribution in [2.24, 2.45) is 5.92 Å². The first kappa shape index (κ1) is 15.1. The Morgan fingerprint density at radius 2 is 2.00 bits per heavy atom. The molecule has 0 amide bonds. The average Bonchev–Trinajstić information content (AvgIpc) is 2.40. The molecule has 2 rings (SSSR count). The minimum Gasteiger partial charge on any atom is -0.481 e. The van der Waals surface area contributed by atoms with E-state index in [1.807, 2.05) is 7.05 Å². The van der Waals surface area contributed by atoms with Gasteiger partial charge in [-0.3, -0.25) is 0 Å². The lowest BCUT2D eigenvalue weighted by molar-refractivity contribution is -0.138. The van der Waals surface area contributed by atoms with Crippen molar-refractivity contribution in [2.75, 3.05) is 27.2 Å². The number of halogens is 3. The highest BCUT2D eigenvalue weighted by Gasteiger charge is 2.35. The third-order valence-electron chi connectivity index (χ3n) is 3.82. The van der Waals surface area contributed by atoms with Crippen LogP contribution in [0.1, 0.15) is 24.0 Å². The molecule has 3 nitrogen and oxygen atoms in total. The third kappa shape index (κ3) is 3.62. The van der Waals surface area contributed by atoms with Crippen molar-refractivity contribution in [3.05, 3.63) is 23.4 Å². The Balaban J connectivity index is 2.18. The molecule has 1 aliphatic heterocycles. The van der Waals surface area contributed by atoms with E-state index in [1.54, 1.807) is 0 Å². The molecule has 112 valence electrons. The zero-order valence-corrected chi connectivity index (χ0v) is 11.7. The first-order chi connectivity index (χ1) is 9.40. The molecule has 0 radical (unpaired) electrons. The van der Waals surface area contributed by atoms with Gasteiger partial charge in [-0.2, -0.15) is 13.2 Å². The minimum atomic E-state index is -4.36. The zero-order valence-electron chi connectivity index (χ0n) is 11.7. The first-order valence-electron chi connectivity index (χ1n) is 6.69. The number of hydrogen-bond donors (Lipinski definition) is 0. The molecule has 1 saturated heterocycles. The van der Waals surface area contributed by atoms with Crippen LogP contribution >= 0.6 is 0 Å². The number of likely N-dealkylation sites (tertiary alicyclic amines) is 1. The summed E-state index contributed by atoms with van der Waals surface area (Å²) in [6.45, 7) is 1.88. The first-order valence-corrected chi connectivity index (χ1v) is 6.69. The molecule has 0 aliphatic carbocycles. The molecule has 0 N–H and O–H groups in total. The van der Waals surface area contributed by atoms with E-state index in [9.17, 15) is 13.2 Å². The molecule has 0 atom stereocenters. The molecule has 0 aromatic carbocycles. The number of nitrogens with zero attached hydrogens (tertiary/aromatic N) is 2. The van der Waals surface area contributed by atoms with E-state index in [0.717, 1.165) is 32.0 Å². The smallest absolute Gasteiger partial charge is 0.416 e. The second kappa shape index (κ2) is 5.99. The van der Waals surface area contributed by atoms with Gasteiger partial charge in [-0.25, -0.2) is 4.98 Å². The highest BCUT2D eigenvalue weighted by atomic mass is 19.4. The van der Waals surface area contributed by atoms with E-state index in [4.69, 9.17) is 4.74 Å². The van der Waals surface area contributed by atoms with Crippen molar-refractivity contribution in [3.8, 4) is 5.88 Å². The summed E-state index contributed by atoms with van der Waals surface area (Å²) < 4.78 is 44.1. The molecule has 0 unspecified atom stereocenters. The Bertz CT molecular complexity index is 454. The van der Waals surface area contributed by atoms with E-state index in [2.05, 4.69) is 9.88 Å². The van der Waals surface area contributed by atoms with E-state index >= 15 is 0 Å². The van der Waals surface area contributed by atoms with Crippen molar-refractivity contribution in [3.63, 3.8) is 0 Å². The number of alkyl halides is 3. The van der Waals surface area contributed by atoms with Crippen LogP contribution in [0.2, 0.25) is 0 Å². The van der Waals surface area contributed by atoms with Gasteiger partial charge < -0.3 is 9.64 Å². The van der Waals surface area contributed by atoms with Crippen LogP contribution in [0.4, 0.5) is 13.2 Å². The van der Waals surface area contributed by atoms with Crippen LogP contribution in [-0.4, -0.2) is 37.1 Å². The normalized spacial score (nSPS) is 18.2. The van der Waals surface area contributed by atoms with E-state index in [0.29, 0.717) is 12.3 Å². The zero-order chi connectivity index (χ0) is 14.8. The van der Waals surface area contributed by atoms with Crippen LogP contribution in [0.25, 0.3) is 0 Å². The lowest BCUT2D eigenvalue weighted by atomic mass is 9.89. The summed E-state index contributed by atoms with van der Waals surface area (Å²) in [4.78, 5) is 6.12. The largest absolute Gasteiger partial charge is 0.481 e. The van der Waals surface area contributed by atoms with Gasteiger partial charge in [0.2, 0.25) is 5.88 Å². The summed E-state index contributed by atoms with van der Waals surface area (Å²) in [5, 5.41) is 0. The van der Waals surface area contributed by atoms with Crippen LogP contribution in [0, 0.1) is 5.92 Å². The maximum Gasteiger partial charge on any atom is 0.416 e. The Labute approximate surface area is 116 Å². The van der Waals surface area contributed by atoms with Gasteiger partial charge in [0.1, 0.15) is 0 Å². The third-order valence-corrected chi connectivity index (χ3v) is 3.82. The standard InChI is InChI=1S/C14H19F3N2O/c1-19-5-3-10(4-6-19)7-11-9-18-13(20-2)8-12(11)14(15,16)17/h8-10H,3-7H2,1-2H3. The topological polar surface area (TPSA) is 25.4 Å². The van der Waals surface area contributed by atoms with Gasteiger partial charge in [-0.05, 0) is 50.9 Å². The van der Waals surface area contributed by atoms with Crippen molar-refractivity contribution in [2.45, 2.75) is 25.4 Å². The minimum absolute atomic E-state index is 0.00412. The molecule has 20 heavy (non-hydrogen) atoms. The van der Waals surface area contributed by atoms with Gasteiger partial charge in [0.15, 0.2) is 0 Å².